The van der Waals surface area contributed by atoms with Crippen molar-refractivity contribution >= 4 is 0 Å². The molecule has 1 saturated carbocycles. The van der Waals surface area contributed by atoms with Crippen molar-refractivity contribution in [3.8, 4) is 0 Å². The number of aromatic amines is 2. The van der Waals surface area contributed by atoms with E-state index in [0.717, 1.165) is 12.8 Å². The van der Waals surface area contributed by atoms with Crippen LogP contribution in [-0.2, 0) is 5.54 Å². The number of rotatable bonds is 1. The molecule has 4 N–H and O–H groups in total. The normalized spacial score (nSPS) is 19.1. The number of hydrogen-bond acceptors (Lipinski definition) is 3. The third-order valence-corrected chi connectivity index (χ3v) is 2.14. The second-order valence-corrected chi connectivity index (χ2v) is 3.14. The van der Waals surface area contributed by atoms with Gasteiger partial charge in [0.15, 0.2) is 0 Å². The van der Waals surface area contributed by atoms with Crippen LogP contribution in [0.15, 0.2) is 15.8 Å². The Hall–Kier alpha value is -1.36. The van der Waals surface area contributed by atoms with Gasteiger partial charge in [-0.05, 0) is 12.8 Å². The van der Waals surface area contributed by atoms with Crippen molar-refractivity contribution in [3.05, 3.63) is 32.6 Å². The Bertz CT molecular complexity index is 413. The van der Waals surface area contributed by atoms with Crippen molar-refractivity contribution in [2.45, 2.75) is 18.4 Å². The SMILES string of the molecule is NC1(c2c[nH]c(=O)[nH]c2=O)CC1. The lowest BCUT2D eigenvalue weighted by molar-refractivity contribution is 0.713. The van der Waals surface area contributed by atoms with Gasteiger partial charge in [-0.3, -0.25) is 9.78 Å². The summed E-state index contributed by atoms with van der Waals surface area (Å²) in [6.07, 6.45) is 3.01. The van der Waals surface area contributed by atoms with E-state index in [9.17, 15) is 9.59 Å². The van der Waals surface area contributed by atoms with Crippen molar-refractivity contribution in [2.24, 2.45) is 5.73 Å². The molecular formula is C7H9N3O2. The number of nitrogens with two attached hydrogens (primary N) is 1. The van der Waals surface area contributed by atoms with Crippen LogP contribution < -0.4 is 17.0 Å². The van der Waals surface area contributed by atoms with Gasteiger partial charge in [0.1, 0.15) is 0 Å². The van der Waals surface area contributed by atoms with Crippen LogP contribution in [0, 0.1) is 0 Å². The Kier molecular flexibility index (Phi) is 1.26. The molecule has 1 fully saturated rings. The highest BCUT2D eigenvalue weighted by molar-refractivity contribution is 5.23. The standard InChI is InChI=1S/C7H9N3O2/c8-7(1-2-7)4-3-9-6(12)10-5(4)11/h3H,1-2,8H2,(H2,9,10,11,12). The summed E-state index contributed by atoms with van der Waals surface area (Å²) in [6.45, 7) is 0. The van der Waals surface area contributed by atoms with E-state index >= 15 is 0 Å². The third-order valence-electron chi connectivity index (χ3n) is 2.14. The molecule has 1 aliphatic carbocycles. The molecule has 0 saturated heterocycles. The minimum Gasteiger partial charge on any atom is -0.321 e. The minimum absolute atomic E-state index is 0.376. The maximum Gasteiger partial charge on any atom is 0.325 e. The molecule has 1 aromatic heterocycles. The average Bonchev–Trinajstić information content (AvgIpc) is 2.68. The highest BCUT2D eigenvalue weighted by atomic mass is 16.2. The summed E-state index contributed by atoms with van der Waals surface area (Å²) in [5, 5.41) is 0. The number of H-pyrrole nitrogens is 2. The van der Waals surface area contributed by atoms with E-state index in [2.05, 4.69) is 9.97 Å². The summed E-state index contributed by atoms with van der Waals surface area (Å²) in [5.74, 6) is 0. The summed E-state index contributed by atoms with van der Waals surface area (Å²) >= 11 is 0. The molecule has 0 radical (unpaired) electrons. The van der Waals surface area contributed by atoms with Gasteiger partial charge in [0.25, 0.3) is 5.56 Å². The van der Waals surface area contributed by atoms with Crippen LogP contribution in [0.3, 0.4) is 0 Å². The van der Waals surface area contributed by atoms with Gasteiger partial charge in [-0.25, -0.2) is 4.79 Å². The lowest BCUT2D eigenvalue weighted by Crippen LogP contribution is -2.33. The predicted octanol–water partition coefficient (Wildman–Crippen LogP) is -0.989. The number of nitrogens with one attached hydrogen (secondary N) is 2. The molecule has 5 nitrogen and oxygen atoms in total. The van der Waals surface area contributed by atoms with Gasteiger partial charge < -0.3 is 10.7 Å². The van der Waals surface area contributed by atoms with Gasteiger partial charge in [-0.1, -0.05) is 0 Å². The monoisotopic (exact) mass is 167 g/mol. The molecule has 0 amide bonds. The lowest BCUT2D eigenvalue weighted by Gasteiger charge is -2.04. The maximum absolute atomic E-state index is 11.2. The first-order valence-corrected chi connectivity index (χ1v) is 3.73. The molecule has 12 heavy (non-hydrogen) atoms. The zero-order valence-corrected chi connectivity index (χ0v) is 6.39. The summed E-state index contributed by atoms with van der Waals surface area (Å²) in [6, 6.07) is 0. The van der Waals surface area contributed by atoms with Gasteiger partial charge >= 0.3 is 5.69 Å². The smallest absolute Gasteiger partial charge is 0.321 e. The topological polar surface area (TPSA) is 91.7 Å². The molecule has 1 heterocycles. The Balaban J connectivity index is 2.60. The Labute approximate surface area is 67.6 Å². The first kappa shape index (κ1) is 7.30. The summed E-state index contributed by atoms with van der Waals surface area (Å²) in [5.41, 5.74) is 4.89. The zero-order chi connectivity index (χ0) is 8.77. The van der Waals surface area contributed by atoms with Gasteiger partial charge in [0, 0.05) is 11.7 Å². The first-order valence-electron chi connectivity index (χ1n) is 3.73. The van der Waals surface area contributed by atoms with Crippen molar-refractivity contribution in [1.29, 1.82) is 0 Å². The summed E-state index contributed by atoms with van der Waals surface area (Å²) in [4.78, 5) is 26.3. The average molecular weight is 167 g/mol. The van der Waals surface area contributed by atoms with Crippen molar-refractivity contribution in [3.63, 3.8) is 0 Å². The summed E-state index contributed by atoms with van der Waals surface area (Å²) < 4.78 is 0. The van der Waals surface area contributed by atoms with Crippen LogP contribution in [-0.4, -0.2) is 9.97 Å². The Morgan fingerprint density at radius 1 is 1.42 bits per heavy atom. The molecule has 0 aliphatic heterocycles. The highest BCUT2D eigenvalue weighted by Crippen LogP contribution is 2.40. The van der Waals surface area contributed by atoms with Gasteiger partial charge in [0.05, 0.1) is 5.56 Å². The molecule has 0 spiro atoms. The molecule has 0 bridgehead atoms. The maximum atomic E-state index is 11.2. The van der Waals surface area contributed by atoms with Crippen LogP contribution >= 0.6 is 0 Å². The predicted molar refractivity (Wildman–Crippen MR) is 42.8 cm³/mol. The van der Waals surface area contributed by atoms with Crippen LogP contribution in [0.1, 0.15) is 18.4 Å². The van der Waals surface area contributed by atoms with Gasteiger partial charge in [0.2, 0.25) is 0 Å². The number of hydrogen-bond donors (Lipinski definition) is 3. The van der Waals surface area contributed by atoms with E-state index in [1.807, 2.05) is 0 Å². The van der Waals surface area contributed by atoms with E-state index in [0.29, 0.717) is 5.56 Å². The van der Waals surface area contributed by atoms with Gasteiger partial charge in [-0.2, -0.15) is 0 Å². The lowest BCUT2D eigenvalue weighted by atomic mass is 10.1. The van der Waals surface area contributed by atoms with E-state index < -0.39 is 11.2 Å². The second kappa shape index (κ2) is 2.07. The molecule has 0 unspecified atom stereocenters. The molecule has 1 aromatic rings. The molecule has 1 aliphatic rings. The fourth-order valence-electron chi connectivity index (χ4n) is 1.18. The Morgan fingerprint density at radius 3 is 2.58 bits per heavy atom. The fraction of sp³-hybridized carbons (Fsp3) is 0.429. The quantitative estimate of drug-likeness (QED) is 0.501. The second-order valence-electron chi connectivity index (χ2n) is 3.14. The first-order chi connectivity index (χ1) is 5.62. The molecule has 2 rings (SSSR count). The van der Waals surface area contributed by atoms with Crippen molar-refractivity contribution in [1.82, 2.24) is 9.97 Å². The largest absolute Gasteiger partial charge is 0.325 e. The van der Waals surface area contributed by atoms with E-state index in [1.54, 1.807) is 0 Å². The molecule has 5 heteroatoms. The van der Waals surface area contributed by atoms with Gasteiger partial charge in [-0.15, -0.1) is 0 Å². The van der Waals surface area contributed by atoms with E-state index in [4.69, 9.17) is 5.73 Å². The molecule has 0 atom stereocenters. The fourth-order valence-corrected chi connectivity index (χ4v) is 1.18. The Morgan fingerprint density at radius 2 is 2.08 bits per heavy atom. The van der Waals surface area contributed by atoms with Crippen LogP contribution in [0.2, 0.25) is 0 Å². The van der Waals surface area contributed by atoms with Crippen molar-refractivity contribution < 1.29 is 0 Å². The van der Waals surface area contributed by atoms with Crippen molar-refractivity contribution in [2.75, 3.05) is 0 Å². The zero-order valence-electron chi connectivity index (χ0n) is 6.39. The molecule has 64 valence electrons. The third kappa shape index (κ3) is 0.984. The summed E-state index contributed by atoms with van der Waals surface area (Å²) in [7, 11) is 0. The van der Waals surface area contributed by atoms with Crippen LogP contribution in [0.4, 0.5) is 0 Å². The molecule has 0 aromatic carbocycles. The van der Waals surface area contributed by atoms with E-state index in [1.165, 1.54) is 6.20 Å². The van der Waals surface area contributed by atoms with Crippen LogP contribution in [0.5, 0.6) is 0 Å². The van der Waals surface area contributed by atoms with E-state index in [-0.39, 0.29) is 5.56 Å². The minimum atomic E-state index is -0.493. The number of aromatic nitrogens is 2. The highest BCUT2D eigenvalue weighted by Gasteiger charge is 2.42. The van der Waals surface area contributed by atoms with Crippen LogP contribution in [0.25, 0.3) is 0 Å². The molecular weight excluding hydrogens is 158 g/mol.